The summed E-state index contributed by atoms with van der Waals surface area (Å²) >= 11 is 0. The van der Waals surface area contributed by atoms with E-state index in [2.05, 4.69) is 5.32 Å². The van der Waals surface area contributed by atoms with Crippen molar-refractivity contribution < 1.29 is 19.0 Å². The van der Waals surface area contributed by atoms with E-state index in [-0.39, 0.29) is 29.4 Å². The quantitative estimate of drug-likeness (QED) is 0.574. The first-order chi connectivity index (χ1) is 15.0. The summed E-state index contributed by atoms with van der Waals surface area (Å²) in [6.07, 6.45) is 2.14. The second-order valence-corrected chi connectivity index (χ2v) is 6.96. The van der Waals surface area contributed by atoms with Crippen LogP contribution in [0.3, 0.4) is 0 Å². The minimum absolute atomic E-state index is 0.177. The lowest BCUT2D eigenvalue weighted by molar-refractivity contribution is 0.0944. The van der Waals surface area contributed by atoms with Gasteiger partial charge in [-0.3, -0.25) is 9.59 Å². The molecule has 0 bridgehead atoms. The van der Waals surface area contributed by atoms with Gasteiger partial charge in [-0.25, -0.2) is 0 Å². The molecule has 0 spiro atoms. The Morgan fingerprint density at radius 3 is 2.58 bits per heavy atom. The smallest absolute Gasteiger partial charge is 0.268 e. The summed E-state index contributed by atoms with van der Waals surface area (Å²) in [5.41, 5.74) is 1.79. The maximum Gasteiger partial charge on any atom is 0.268 e. The number of carbonyl (C=O) groups excluding carboxylic acids is 1. The molecule has 2 aromatic carbocycles. The van der Waals surface area contributed by atoms with Gasteiger partial charge in [0.05, 0.1) is 20.4 Å². The first kappa shape index (κ1) is 22.0. The second kappa shape index (κ2) is 10.3. The molecule has 0 saturated heterocycles. The van der Waals surface area contributed by atoms with E-state index >= 15 is 0 Å². The predicted octanol–water partition coefficient (Wildman–Crippen LogP) is 2.95. The van der Waals surface area contributed by atoms with Crippen molar-refractivity contribution in [3.8, 4) is 17.2 Å². The Hall–Kier alpha value is -3.74. The number of benzene rings is 2. The number of rotatable bonds is 9. The number of ether oxygens (including phenoxy) is 3. The Kier molecular flexibility index (Phi) is 7.32. The number of carbonyl (C=O) groups is 1. The summed E-state index contributed by atoms with van der Waals surface area (Å²) in [5.74, 6) is 1.35. The third kappa shape index (κ3) is 5.66. The molecule has 0 fully saturated rings. The van der Waals surface area contributed by atoms with Crippen molar-refractivity contribution >= 4 is 5.91 Å². The summed E-state index contributed by atoms with van der Waals surface area (Å²) in [6.45, 7) is 0.637. The number of hydrogen-bond acceptors (Lipinski definition) is 5. The molecule has 31 heavy (non-hydrogen) atoms. The van der Waals surface area contributed by atoms with E-state index in [4.69, 9.17) is 14.2 Å². The zero-order chi connectivity index (χ0) is 22.2. The number of hydrogen-bond donors (Lipinski definition) is 1. The van der Waals surface area contributed by atoms with Crippen LogP contribution in [-0.4, -0.2) is 31.2 Å². The minimum atomic E-state index is -0.351. The monoisotopic (exact) mass is 422 g/mol. The van der Waals surface area contributed by atoms with Crippen molar-refractivity contribution in [2.75, 3.05) is 20.8 Å². The first-order valence-electron chi connectivity index (χ1n) is 9.88. The highest BCUT2D eigenvalue weighted by Gasteiger charge is 2.13. The number of aromatic nitrogens is 1. The Morgan fingerprint density at radius 1 is 1.00 bits per heavy atom. The fourth-order valence-corrected chi connectivity index (χ4v) is 3.17. The van der Waals surface area contributed by atoms with Gasteiger partial charge in [0.15, 0.2) is 5.75 Å². The van der Waals surface area contributed by atoms with Gasteiger partial charge in [-0.2, -0.15) is 0 Å². The fourth-order valence-electron chi connectivity index (χ4n) is 3.17. The average molecular weight is 422 g/mol. The van der Waals surface area contributed by atoms with Crippen LogP contribution in [0.1, 0.15) is 21.6 Å². The van der Waals surface area contributed by atoms with Gasteiger partial charge in [-0.05, 0) is 35.7 Å². The van der Waals surface area contributed by atoms with Crippen LogP contribution in [0, 0.1) is 0 Å². The SMILES string of the molecule is COc1cccc(COc2cn(C)c(C(=O)NCCc3ccccc3OC)cc2=O)c1. The Bertz CT molecular complexity index is 1110. The number of para-hydroxylation sites is 1. The summed E-state index contributed by atoms with van der Waals surface area (Å²) in [7, 11) is 4.91. The largest absolute Gasteiger partial charge is 0.497 e. The molecule has 0 unspecified atom stereocenters. The number of nitrogens with zero attached hydrogens (tertiary/aromatic N) is 1. The molecule has 0 atom stereocenters. The molecule has 0 aliphatic heterocycles. The molecule has 162 valence electrons. The van der Waals surface area contributed by atoms with E-state index in [1.165, 1.54) is 12.3 Å². The van der Waals surface area contributed by atoms with Gasteiger partial charge >= 0.3 is 0 Å². The van der Waals surface area contributed by atoms with Crippen molar-refractivity contribution in [1.82, 2.24) is 9.88 Å². The van der Waals surface area contributed by atoms with Crippen molar-refractivity contribution in [2.45, 2.75) is 13.0 Å². The van der Waals surface area contributed by atoms with Crippen LogP contribution in [0.25, 0.3) is 0 Å². The van der Waals surface area contributed by atoms with Gasteiger partial charge in [-0.15, -0.1) is 0 Å². The van der Waals surface area contributed by atoms with E-state index in [0.717, 1.165) is 16.9 Å². The van der Waals surface area contributed by atoms with Crippen LogP contribution >= 0.6 is 0 Å². The van der Waals surface area contributed by atoms with Gasteiger partial charge in [0.2, 0.25) is 5.43 Å². The molecule has 0 aliphatic carbocycles. The zero-order valence-electron chi connectivity index (χ0n) is 17.9. The van der Waals surface area contributed by atoms with Crippen LogP contribution in [0.2, 0.25) is 0 Å². The van der Waals surface area contributed by atoms with Gasteiger partial charge in [0.25, 0.3) is 5.91 Å². The number of amides is 1. The van der Waals surface area contributed by atoms with Crippen molar-refractivity contribution in [1.29, 1.82) is 0 Å². The lowest BCUT2D eigenvalue weighted by Crippen LogP contribution is -2.29. The molecule has 0 aliphatic rings. The molecule has 7 nitrogen and oxygen atoms in total. The number of nitrogens with one attached hydrogen (secondary N) is 1. The molecule has 3 aromatic rings. The summed E-state index contributed by atoms with van der Waals surface area (Å²) in [4.78, 5) is 25.0. The maximum absolute atomic E-state index is 12.6. The summed E-state index contributed by atoms with van der Waals surface area (Å²) in [5, 5.41) is 2.85. The third-order valence-electron chi connectivity index (χ3n) is 4.84. The molecule has 3 rings (SSSR count). The van der Waals surface area contributed by atoms with Crippen LogP contribution in [0.5, 0.6) is 17.2 Å². The standard InChI is InChI=1S/C24H26N2O5/c1-26-15-23(31-16-17-7-6-9-19(13-17)29-2)21(27)14-20(26)24(28)25-12-11-18-8-4-5-10-22(18)30-3/h4-10,13-15H,11-12,16H2,1-3H3,(H,25,28). The number of aryl methyl sites for hydroxylation is 1. The molecular formula is C24H26N2O5. The molecule has 1 N–H and O–H groups in total. The van der Waals surface area contributed by atoms with Gasteiger partial charge in [-0.1, -0.05) is 30.3 Å². The fraction of sp³-hybridized carbons (Fsp3) is 0.250. The summed E-state index contributed by atoms with van der Waals surface area (Å²) in [6, 6.07) is 16.4. The summed E-state index contributed by atoms with van der Waals surface area (Å²) < 4.78 is 17.8. The van der Waals surface area contributed by atoms with Crippen LogP contribution in [0.4, 0.5) is 0 Å². The molecular weight excluding hydrogens is 396 g/mol. The van der Waals surface area contributed by atoms with E-state index in [1.807, 2.05) is 48.5 Å². The minimum Gasteiger partial charge on any atom is -0.497 e. The average Bonchev–Trinajstić information content (AvgIpc) is 2.79. The van der Waals surface area contributed by atoms with E-state index in [0.29, 0.717) is 18.7 Å². The topological polar surface area (TPSA) is 78.8 Å². The second-order valence-electron chi connectivity index (χ2n) is 6.96. The highest BCUT2D eigenvalue weighted by Crippen LogP contribution is 2.17. The zero-order valence-corrected chi connectivity index (χ0v) is 17.9. The molecule has 0 saturated carbocycles. The lowest BCUT2D eigenvalue weighted by Gasteiger charge is -2.13. The lowest BCUT2D eigenvalue weighted by atomic mass is 10.1. The third-order valence-corrected chi connectivity index (χ3v) is 4.84. The first-order valence-corrected chi connectivity index (χ1v) is 9.88. The Labute approximate surface area is 181 Å². The highest BCUT2D eigenvalue weighted by molar-refractivity contribution is 5.92. The van der Waals surface area contributed by atoms with E-state index in [1.54, 1.807) is 25.8 Å². The van der Waals surface area contributed by atoms with E-state index in [9.17, 15) is 9.59 Å². The molecule has 1 heterocycles. The highest BCUT2D eigenvalue weighted by atomic mass is 16.5. The Balaban J connectivity index is 1.62. The van der Waals surface area contributed by atoms with Crippen molar-refractivity contribution in [3.05, 3.63) is 87.8 Å². The van der Waals surface area contributed by atoms with Crippen LogP contribution in [-0.2, 0) is 20.1 Å². The predicted molar refractivity (Wildman–Crippen MR) is 118 cm³/mol. The molecule has 0 radical (unpaired) electrons. The van der Waals surface area contributed by atoms with Gasteiger partial charge < -0.3 is 24.1 Å². The number of pyridine rings is 1. The Morgan fingerprint density at radius 2 is 1.81 bits per heavy atom. The molecule has 1 aromatic heterocycles. The van der Waals surface area contributed by atoms with Gasteiger partial charge in [0, 0.05) is 19.7 Å². The van der Waals surface area contributed by atoms with E-state index < -0.39 is 0 Å². The van der Waals surface area contributed by atoms with Crippen molar-refractivity contribution in [2.24, 2.45) is 7.05 Å². The maximum atomic E-state index is 12.6. The molecule has 1 amide bonds. The van der Waals surface area contributed by atoms with Crippen LogP contribution in [0.15, 0.2) is 65.6 Å². The van der Waals surface area contributed by atoms with Crippen molar-refractivity contribution in [3.63, 3.8) is 0 Å². The normalized spacial score (nSPS) is 10.4. The molecule has 7 heteroatoms. The number of methoxy groups -OCH3 is 2. The van der Waals surface area contributed by atoms with Crippen LogP contribution < -0.4 is 25.0 Å². The van der Waals surface area contributed by atoms with Gasteiger partial charge in [0.1, 0.15) is 23.8 Å².